The number of aromatic hydroxyl groups is 1. The van der Waals surface area contributed by atoms with Crippen LogP contribution < -0.4 is 5.32 Å². The zero-order valence-corrected chi connectivity index (χ0v) is 16.3. The van der Waals surface area contributed by atoms with Crippen molar-refractivity contribution in [2.75, 3.05) is 5.32 Å². The molecule has 2 aromatic carbocycles. The highest BCUT2D eigenvalue weighted by molar-refractivity contribution is 6.03. The second-order valence-electron chi connectivity index (χ2n) is 7.86. The first-order valence-corrected chi connectivity index (χ1v) is 8.74. The fraction of sp³-hybridized carbons (Fsp3) is 0.286. The number of aryl methyl sites for hydroxylation is 1. The first-order valence-electron chi connectivity index (χ1n) is 8.74. The summed E-state index contributed by atoms with van der Waals surface area (Å²) in [5, 5.41) is 22.5. The van der Waals surface area contributed by atoms with Crippen LogP contribution in [0.5, 0.6) is 5.75 Å². The van der Waals surface area contributed by atoms with Crippen molar-refractivity contribution in [1.82, 2.24) is 15.0 Å². The molecule has 6 heteroatoms. The monoisotopic (exact) mass is 364 g/mol. The predicted molar refractivity (Wildman–Crippen MR) is 107 cm³/mol. The molecule has 0 aliphatic carbocycles. The number of phenols is 1. The smallest absolute Gasteiger partial charge is 0.250 e. The van der Waals surface area contributed by atoms with Gasteiger partial charge in [-0.05, 0) is 49.1 Å². The first kappa shape index (κ1) is 18.6. The highest BCUT2D eigenvalue weighted by Crippen LogP contribution is 2.36. The van der Waals surface area contributed by atoms with Gasteiger partial charge >= 0.3 is 0 Å². The summed E-state index contributed by atoms with van der Waals surface area (Å²) >= 11 is 0. The van der Waals surface area contributed by atoms with E-state index in [0.29, 0.717) is 28.0 Å². The minimum atomic E-state index is -0.243. The fourth-order valence-electron chi connectivity index (χ4n) is 2.82. The number of carbonyl (C=O) groups is 1. The van der Waals surface area contributed by atoms with E-state index in [1.54, 1.807) is 25.1 Å². The van der Waals surface area contributed by atoms with Gasteiger partial charge in [0.2, 0.25) is 0 Å². The zero-order valence-electron chi connectivity index (χ0n) is 16.3. The molecule has 1 amide bonds. The number of amides is 1. The molecule has 0 saturated carbocycles. The zero-order chi connectivity index (χ0) is 19.9. The average Bonchev–Trinajstić information content (AvgIpc) is 2.98. The minimum Gasteiger partial charge on any atom is -0.505 e. The van der Waals surface area contributed by atoms with Gasteiger partial charge in [-0.15, -0.1) is 15.0 Å². The van der Waals surface area contributed by atoms with Crippen LogP contribution in [-0.2, 0) is 10.2 Å². The largest absolute Gasteiger partial charge is 0.505 e. The molecule has 0 radical (unpaired) electrons. The number of anilines is 1. The lowest BCUT2D eigenvalue weighted by Gasteiger charge is -2.22. The van der Waals surface area contributed by atoms with E-state index in [9.17, 15) is 9.90 Å². The summed E-state index contributed by atoms with van der Waals surface area (Å²) < 4.78 is 0. The number of hydrogen-bond donors (Lipinski definition) is 2. The Balaban J connectivity index is 2.07. The Morgan fingerprint density at radius 3 is 2.44 bits per heavy atom. The number of aromatic nitrogens is 3. The van der Waals surface area contributed by atoms with Gasteiger partial charge in [0.1, 0.15) is 22.5 Å². The van der Waals surface area contributed by atoms with Gasteiger partial charge < -0.3 is 10.4 Å². The number of nitrogens with one attached hydrogen (secondary N) is 1. The molecule has 3 aromatic rings. The molecule has 1 aromatic heterocycles. The van der Waals surface area contributed by atoms with E-state index in [-0.39, 0.29) is 17.1 Å². The van der Waals surface area contributed by atoms with Crippen molar-refractivity contribution in [3.05, 3.63) is 53.6 Å². The van der Waals surface area contributed by atoms with Crippen molar-refractivity contribution in [1.29, 1.82) is 0 Å². The third-order valence-corrected chi connectivity index (χ3v) is 4.28. The van der Waals surface area contributed by atoms with Crippen molar-refractivity contribution in [2.45, 2.75) is 40.0 Å². The normalized spacial score (nSPS) is 11.6. The summed E-state index contributed by atoms with van der Waals surface area (Å²) in [5.41, 5.74) is 4.51. The number of carbonyl (C=O) groups excluding carboxylic acids is 1. The highest BCUT2D eigenvalue weighted by atomic mass is 16.3. The van der Waals surface area contributed by atoms with Gasteiger partial charge in [-0.25, -0.2) is 0 Å². The third kappa shape index (κ3) is 3.69. The number of benzene rings is 2. The van der Waals surface area contributed by atoms with Gasteiger partial charge in [0.25, 0.3) is 5.91 Å². The molecule has 0 aliphatic rings. The Labute approximate surface area is 158 Å². The summed E-state index contributed by atoms with van der Waals surface area (Å²) in [6.07, 6.45) is 0. The summed E-state index contributed by atoms with van der Waals surface area (Å²) in [5.74, 6) is -0.0721. The Morgan fingerprint density at radius 2 is 1.81 bits per heavy atom. The van der Waals surface area contributed by atoms with Crippen LogP contribution in [0.4, 0.5) is 5.69 Å². The number of rotatable bonds is 3. The van der Waals surface area contributed by atoms with Crippen LogP contribution in [0.3, 0.4) is 0 Å². The van der Waals surface area contributed by atoms with Crippen molar-refractivity contribution >= 4 is 22.6 Å². The molecule has 27 heavy (non-hydrogen) atoms. The maximum absolute atomic E-state index is 11.8. The highest BCUT2D eigenvalue weighted by Gasteiger charge is 2.22. The van der Waals surface area contributed by atoms with Crippen molar-refractivity contribution in [3.63, 3.8) is 0 Å². The van der Waals surface area contributed by atoms with Crippen LogP contribution in [0.15, 0.2) is 42.5 Å². The van der Waals surface area contributed by atoms with Gasteiger partial charge in [0, 0.05) is 16.8 Å². The minimum absolute atomic E-state index is 0.171. The molecule has 140 valence electrons. The van der Waals surface area contributed by atoms with Crippen molar-refractivity contribution in [2.24, 2.45) is 0 Å². The molecule has 6 nitrogen and oxygen atoms in total. The molecule has 0 aliphatic heterocycles. The molecule has 0 atom stereocenters. The van der Waals surface area contributed by atoms with Gasteiger partial charge in [-0.3, -0.25) is 4.79 Å². The molecule has 0 fully saturated rings. The average molecular weight is 364 g/mol. The lowest BCUT2D eigenvalue weighted by molar-refractivity contribution is -0.112. The summed E-state index contributed by atoms with van der Waals surface area (Å²) in [4.78, 5) is 13.2. The maximum atomic E-state index is 11.8. The van der Waals surface area contributed by atoms with Gasteiger partial charge in [-0.1, -0.05) is 33.4 Å². The van der Waals surface area contributed by atoms with E-state index in [0.717, 1.165) is 11.1 Å². The lowest BCUT2D eigenvalue weighted by Crippen LogP contribution is -2.13. The molecular weight excluding hydrogens is 340 g/mol. The Kier molecular flexibility index (Phi) is 4.51. The molecular formula is C21H24N4O2. The summed E-state index contributed by atoms with van der Waals surface area (Å²) in [6.45, 7) is 13.4. The lowest BCUT2D eigenvalue weighted by atomic mass is 9.85. The van der Waals surface area contributed by atoms with E-state index in [2.05, 4.69) is 42.9 Å². The van der Waals surface area contributed by atoms with E-state index < -0.39 is 0 Å². The van der Waals surface area contributed by atoms with Crippen LogP contribution in [0.2, 0.25) is 0 Å². The quantitative estimate of drug-likeness (QED) is 0.681. The SMILES string of the molecule is C=C(C)C(=O)Nc1ccc2nn(-c3cc(C)cc(C(C)(C)C)c3O)nc2c1. The molecule has 0 spiro atoms. The van der Waals surface area contributed by atoms with E-state index in [1.165, 1.54) is 4.80 Å². The number of phenolic OH excluding ortho intramolecular Hbond substituents is 1. The topological polar surface area (TPSA) is 80.0 Å². The van der Waals surface area contributed by atoms with Crippen molar-refractivity contribution in [3.8, 4) is 11.4 Å². The third-order valence-electron chi connectivity index (χ3n) is 4.28. The molecule has 0 saturated heterocycles. The standard InChI is InChI=1S/C21H24N4O2/c1-12(2)20(27)22-14-7-8-16-17(11-14)24-25(23-16)18-10-13(3)9-15(19(18)26)21(4,5)6/h7-11,26H,1H2,2-6H3,(H,22,27). The Bertz CT molecular complexity index is 1060. The van der Waals surface area contributed by atoms with E-state index in [4.69, 9.17) is 0 Å². The summed E-state index contributed by atoms with van der Waals surface area (Å²) in [7, 11) is 0. The first-order chi connectivity index (χ1) is 12.6. The molecule has 2 N–H and O–H groups in total. The Morgan fingerprint density at radius 1 is 1.15 bits per heavy atom. The molecule has 0 unspecified atom stereocenters. The second-order valence-corrected chi connectivity index (χ2v) is 7.86. The number of hydrogen-bond acceptors (Lipinski definition) is 4. The Hall–Kier alpha value is -3.15. The number of nitrogens with zero attached hydrogens (tertiary/aromatic N) is 3. The van der Waals surface area contributed by atoms with Gasteiger partial charge in [-0.2, -0.15) is 0 Å². The summed E-state index contributed by atoms with van der Waals surface area (Å²) in [6, 6.07) is 9.13. The van der Waals surface area contributed by atoms with Gasteiger partial charge in [0.05, 0.1) is 0 Å². The second kappa shape index (κ2) is 6.54. The number of fused-ring (bicyclic) bond motifs is 1. The van der Waals surface area contributed by atoms with Crippen LogP contribution in [0.1, 0.15) is 38.8 Å². The van der Waals surface area contributed by atoms with Crippen LogP contribution in [0, 0.1) is 6.92 Å². The van der Waals surface area contributed by atoms with Crippen LogP contribution >= 0.6 is 0 Å². The molecule has 0 bridgehead atoms. The fourth-order valence-corrected chi connectivity index (χ4v) is 2.82. The predicted octanol–water partition coefficient (Wildman–Crippen LogP) is 4.25. The van der Waals surface area contributed by atoms with E-state index in [1.807, 2.05) is 19.1 Å². The van der Waals surface area contributed by atoms with Crippen LogP contribution in [0.25, 0.3) is 16.7 Å². The maximum Gasteiger partial charge on any atom is 0.250 e. The molecule has 1 heterocycles. The van der Waals surface area contributed by atoms with Gasteiger partial charge in [0.15, 0.2) is 0 Å². The van der Waals surface area contributed by atoms with E-state index >= 15 is 0 Å². The molecule has 3 rings (SSSR count). The van der Waals surface area contributed by atoms with Crippen LogP contribution in [-0.4, -0.2) is 26.0 Å². The van der Waals surface area contributed by atoms with Crippen molar-refractivity contribution < 1.29 is 9.90 Å².